The second-order valence-corrected chi connectivity index (χ2v) is 6.52. The molecule has 0 aromatic heterocycles. The van der Waals surface area contributed by atoms with Gasteiger partial charge in [0.05, 0.1) is 21.3 Å². The lowest BCUT2D eigenvalue weighted by Crippen LogP contribution is -2.41. The van der Waals surface area contributed by atoms with Crippen LogP contribution in [0.25, 0.3) is 6.08 Å². The van der Waals surface area contributed by atoms with Gasteiger partial charge in [0.2, 0.25) is 0 Å². The van der Waals surface area contributed by atoms with E-state index in [1.165, 1.54) is 19.2 Å². The normalized spacial score (nSPS) is 12.2. The van der Waals surface area contributed by atoms with Gasteiger partial charge in [-0.1, -0.05) is 37.3 Å². The first-order chi connectivity index (χ1) is 14.0. The number of esters is 1. The largest absolute Gasteiger partial charge is 0.493 e. The third-order valence-electron chi connectivity index (χ3n) is 4.66. The molecule has 29 heavy (non-hydrogen) atoms. The Bertz CT molecular complexity index is 820. The molecule has 6 heteroatoms. The summed E-state index contributed by atoms with van der Waals surface area (Å²) in [6.07, 6.45) is 4.55. The highest BCUT2D eigenvalue weighted by Gasteiger charge is 2.24. The standard InChI is InChI=1S/C23H28FNO4/c1-5-20(23(26)29-4)25(16-18-8-11-19(24)12-9-18)14-6-7-17-10-13-21(27-2)22(15-17)28-3/h6-13,15,20H,5,14,16H2,1-4H3. The first-order valence-electron chi connectivity index (χ1n) is 9.47. The van der Waals surface area contributed by atoms with E-state index < -0.39 is 0 Å². The second-order valence-electron chi connectivity index (χ2n) is 6.52. The van der Waals surface area contributed by atoms with E-state index in [9.17, 15) is 9.18 Å². The van der Waals surface area contributed by atoms with Crippen molar-refractivity contribution < 1.29 is 23.4 Å². The zero-order valence-electron chi connectivity index (χ0n) is 17.4. The predicted octanol–water partition coefficient (Wildman–Crippen LogP) is 4.31. The molecule has 0 saturated carbocycles. The van der Waals surface area contributed by atoms with Gasteiger partial charge in [0, 0.05) is 13.1 Å². The molecule has 2 aromatic rings. The third kappa shape index (κ3) is 6.32. The minimum absolute atomic E-state index is 0.283. The molecule has 0 heterocycles. The molecule has 0 bridgehead atoms. The fourth-order valence-electron chi connectivity index (χ4n) is 3.12. The van der Waals surface area contributed by atoms with Crippen molar-refractivity contribution in [3.8, 4) is 11.5 Å². The molecular formula is C23H28FNO4. The van der Waals surface area contributed by atoms with Crippen LogP contribution in [0.1, 0.15) is 24.5 Å². The Hall–Kier alpha value is -2.86. The van der Waals surface area contributed by atoms with Crippen LogP contribution in [0.3, 0.4) is 0 Å². The SMILES string of the molecule is CCC(C(=O)OC)N(CC=Cc1ccc(OC)c(OC)c1)Cc1ccc(F)cc1. The van der Waals surface area contributed by atoms with Gasteiger partial charge in [-0.3, -0.25) is 9.69 Å². The summed E-state index contributed by atoms with van der Waals surface area (Å²) >= 11 is 0. The maximum Gasteiger partial charge on any atom is 0.323 e. The van der Waals surface area contributed by atoms with E-state index in [0.717, 1.165) is 11.1 Å². The average Bonchev–Trinajstić information content (AvgIpc) is 2.75. The molecular weight excluding hydrogens is 373 g/mol. The smallest absolute Gasteiger partial charge is 0.323 e. The van der Waals surface area contributed by atoms with E-state index in [4.69, 9.17) is 14.2 Å². The Morgan fingerprint density at radius 2 is 1.76 bits per heavy atom. The van der Waals surface area contributed by atoms with Crippen molar-refractivity contribution in [1.29, 1.82) is 0 Å². The van der Waals surface area contributed by atoms with E-state index in [0.29, 0.717) is 31.0 Å². The molecule has 0 amide bonds. The lowest BCUT2D eigenvalue weighted by atomic mass is 10.1. The third-order valence-corrected chi connectivity index (χ3v) is 4.66. The molecule has 1 unspecified atom stereocenters. The molecule has 0 saturated heterocycles. The number of methoxy groups -OCH3 is 3. The summed E-state index contributed by atoms with van der Waals surface area (Å²) in [7, 11) is 4.58. The first-order valence-corrected chi connectivity index (χ1v) is 9.47. The summed E-state index contributed by atoms with van der Waals surface area (Å²) in [5, 5.41) is 0. The summed E-state index contributed by atoms with van der Waals surface area (Å²) in [6, 6.07) is 11.6. The lowest BCUT2D eigenvalue weighted by molar-refractivity contribution is -0.147. The Labute approximate surface area is 171 Å². The van der Waals surface area contributed by atoms with E-state index in [1.54, 1.807) is 26.4 Å². The summed E-state index contributed by atoms with van der Waals surface area (Å²) in [5.41, 5.74) is 1.88. The molecule has 2 rings (SSSR count). The van der Waals surface area contributed by atoms with E-state index in [2.05, 4.69) is 0 Å². The molecule has 1 atom stereocenters. The average molecular weight is 401 g/mol. The number of nitrogens with zero attached hydrogens (tertiary/aromatic N) is 1. The zero-order valence-corrected chi connectivity index (χ0v) is 17.4. The molecule has 0 aliphatic carbocycles. The Kier molecular flexibility index (Phi) is 8.68. The molecule has 156 valence electrons. The fraction of sp³-hybridized carbons (Fsp3) is 0.348. The number of hydrogen-bond donors (Lipinski definition) is 0. The van der Waals surface area contributed by atoms with Gasteiger partial charge >= 0.3 is 5.97 Å². The van der Waals surface area contributed by atoms with Crippen molar-refractivity contribution in [3.63, 3.8) is 0 Å². The first kappa shape index (κ1) is 22.4. The number of ether oxygens (including phenoxy) is 3. The van der Waals surface area contributed by atoms with Crippen molar-refractivity contribution in [3.05, 3.63) is 65.5 Å². The minimum Gasteiger partial charge on any atom is -0.493 e. The quantitative estimate of drug-likeness (QED) is 0.555. The molecule has 0 aliphatic rings. The van der Waals surface area contributed by atoms with E-state index in [-0.39, 0.29) is 17.8 Å². The van der Waals surface area contributed by atoms with Gasteiger partial charge in [-0.25, -0.2) is 4.39 Å². The number of carbonyl (C=O) groups is 1. The van der Waals surface area contributed by atoms with Crippen LogP contribution < -0.4 is 9.47 Å². The molecule has 5 nitrogen and oxygen atoms in total. The lowest BCUT2D eigenvalue weighted by Gasteiger charge is -2.28. The highest BCUT2D eigenvalue weighted by Crippen LogP contribution is 2.28. The molecule has 0 aliphatic heterocycles. The zero-order chi connectivity index (χ0) is 21.2. The highest BCUT2D eigenvalue weighted by molar-refractivity contribution is 5.75. The van der Waals surface area contributed by atoms with Crippen LogP contribution in [0.4, 0.5) is 4.39 Å². The monoisotopic (exact) mass is 401 g/mol. The van der Waals surface area contributed by atoms with Crippen molar-refractivity contribution in [2.24, 2.45) is 0 Å². The van der Waals surface area contributed by atoms with Crippen LogP contribution in [0.5, 0.6) is 11.5 Å². The van der Waals surface area contributed by atoms with Gasteiger partial charge in [-0.05, 0) is 41.8 Å². The molecule has 0 radical (unpaired) electrons. The number of benzene rings is 2. The van der Waals surface area contributed by atoms with Gasteiger partial charge in [0.15, 0.2) is 11.5 Å². The van der Waals surface area contributed by atoms with Gasteiger partial charge in [-0.2, -0.15) is 0 Å². The van der Waals surface area contributed by atoms with Crippen molar-refractivity contribution in [2.45, 2.75) is 25.9 Å². The van der Waals surface area contributed by atoms with Crippen LogP contribution in [0.15, 0.2) is 48.5 Å². The van der Waals surface area contributed by atoms with Crippen molar-refractivity contribution in [2.75, 3.05) is 27.9 Å². The van der Waals surface area contributed by atoms with Gasteiger partial charge in [0.1, 0.15) is 11.9 Å². The number of hydrogen-bond acceptors (Lipinski definition) is 5. The molecule has 2 aromatic carbocycles. The van der Waals surface area contributed by atoms with E-state index >= 15 is 0 Å². The number of carbonyl (C=O) groups excluding carboxylic acids is 1. The van der Waals surface area contributed by atoms with E-state index in [1.807, 2.05) is 42.2 Å². The summed E-state index contributed by atoms with van der Waals surface area (Å²) in [6.45, 7) is 2.97. The topological polar surface area (TPSA) is 48.0 Å². The molecule has 0 spiro atoms. The maximum atomic E-state index is 13.2. The van der Waals surface area contributed by atoms with Gasteiger partial charge in [0.25, 0.3) is 0 Å². The van der Waals surface area contributed by atoms with Crippen LogP contribution in [0.2, 0.25) is 0 Å². The summed E-state index contributed by atoms with van der Waals surface area (Å²) < 4.78 is 28.8. The predicted molar refractivity (Wildman–Crippen MR) is 111 cm³/mol. The summed E-state index contributed by atoms with van der Waals surface area (Å²) in [4.78, 5) is 14.2. The second kappa shape index (κ2) is 11.2. The van der Waals surface area contributed by atoms with Crippen molar-refractivity contribution in [1.82, 2.24) is 4.90 Å². The van der Waals surface area contributed by atoms with Crippen LogP contribution in [0, 0.1) is 5.82 Å². The van der Waals surface area contributed by atoms with Crippen LogP contribution in [-0.4, -0.2) is 44.8 Å². The highest BCUT2D eigenvalue weighted by atomic mass is 19.1. The van der Waals surface area contributed by atoms with Crippen LogP contribution >= 0.6 is 0 Å². The molecule has 0 fully saturated rings. The number of rotatable bonds is 10. The number of halogens is 1. The summed E-state index contributed by atoms with van der Waals surface area (Å²) in [5.74, 6) is 0.751. The maximum absolute atomic E-state index is 13.2. The van der Waals surface area contributed by atoms with Crippen LogP contribution in [-0.2, 0) is 16.1 Å². The van der Waals surface area contributed by atoms with Gasteiger partial charge in [-0.15, -0.1) is 0 Å². The Morgan fingerprint density at radius 1 is 1.07 bits per heavy atom. The Balaban J connectivity index is 2.18. The van der Waals surface area contributed by atoms with Gasteiger partial charge < -0.3 is 14.2 Å². The minimum atomic E-state index is -0.389. The molecule has 0 N–H and O–H groups in total. The Morgan fingerprint density at radius 3 is 2.34 bits per heavy atom. The van der Waals surface area contributed by atoms with Crippen molar-refractivity contribution >= 4 is 12.0 Å². The fourth-order valence-corrected chi connectivity index (χ4v) is 3.12.